The third-order valence-electron chi connectivity index (χ3n) is 2.65. The van der Waals surface area contributed by atoms with Gasteiger partial charge in [-0.05, 0) is 18.9 Å². The minimum atomic E-state index is -1.23. The average molecular weight is 324 g/mol. The van der Waals surface area contributed by atoms with E-state index in [2.05, 4.69) is 13.5 Å². The van der Waals surface area contributed by atoms with Crippen LogP contribution in [0.2, 0.25) is 0 Å². The van der Waals surface area contributed by atoms with E-state index in [1.54, 1.807) is 0 Å². The number of carbonyl (C=O) groups is 2. The molecule has 0 rings (SSSR count). The summed E-state index contributed by atoms with van der Waals surface area (Å²) < 4.78 is 0. The van der Waals surface area contributed by atoms with Gasteiger partial charge in [0.2, 0.25) is 0 Å². The maximum absolute atomic E-state index is 10.1. The molecule has 0 aliphatic rings. The molecule has 0 unspecified atom stereocenters. The molecule has 0 spiro atoms. The summed E-state index contributed by atoms with van der Waals surface area (Å²) in [4.78, 5) is 19.2. The number of rotatable bonds is 11. The first-order valence-corrected chi connectivity index (χ1v) is 7.07. The van der Waals surface area contributed by atoms with Gasteiger partial charge >= 0.3 is 34.7 Å². The fraction of sp³-hybridized carbons (Fsp3) is 0.733. The Morgan fingerprint density at radius 3 is 1.48 bits per heavy atom. The van der Waals surface area contributed by atoms with Gasteiger partial charge in [-0.25, -0.2) is 0 Å². The van der Waals surface area contributed by atoms with Crippen LogP contribution >= 0.6 is 0 Å². The summed E-state index contributed by atoms with van der Waals surface area (Å²) in [6, 6.07) is 0. The van der Waals surface area contributed by atoms with Crippen molar-refractivity contribution < 1.29 is 19.8 Å². The SMILES string of the molecule is C=CC(=O)[O-].CCCCCCCCCCCC(=O)[O-].[Al+3].[Al+3]. The van der Waals surface area contributed by atoms with Crippen LogP contribution in [0.3, 0.4) is 0 Å². The fourth-order valence-electron chi connectivity index (χ4n) is 1.58. The van der Waals surface area contributed by atoms with Gasteiger partial charge in [-0.2, -0.15) is 0 Å². The number of carbonyl (C=O) groups excluding carboxylic acids is 2. The summed E-state index contributed by atoms with van der Waals surface area (Å²) in [6.07, 6.45) is 11.9. The van der Waals surface area contributed by atoms with Crippen LogP contribution in [0.15, 0.2) is 12.7 Å². The van der Waals surface area contributed by atoms with Crippen LogP contribution in [0.25, 0.3) is 0 Å². The van der Waals surface area contributed by atoms with Gasteiger partial charge in [-0.3, -0.25) is 0 Å². The van der Waals surface area contributed by atoms with Crippen molar-refractivity contribution in [1.82, 2.24) is 0 Å². The Labute approximate surface area is 150 Å². The van der Waals surface area contributed by atoms with Crippen LogP contribution < -0.4 is 10.2 Å². The molecule has 0 atom stereocenters. The molecule has 0 heterocycles. The predicted octanol–water partition coefficient (Wildman–Crippen LogP) is 0.818. The van der Waals surface area contributed by atoms with E-state index in [4.69, 9.17) is 9.90 Å². The summed E-state index contributed by atoms with van der Waals surface area (Å²) >= 11 is 0. The molecule has 0 aliphatic carbocycles. The standard InChI is InChI=1S/C12H24O2.C3H4O2.2Al/c1-2-3-4-5-6-7-8-9-10-11-12(13)14;1-2-3(4)5;;/h2-11H2,1H3,(H,13,14);2H,1H2,(H,4,5);;/q;;2*+3/p-2. The second kappa shape index (κ2) is 24.7. The molecule has 0 aromatic carbocycles. The second-order valence-corrected chi connectivity index (χ2v) is 4.47. The molecule has 0 aromatic heterocycles. The van der Waals surface area contributed by atoms with E-state index in [1.165, 1.54) is 44.9 Å². The van der Waals surface area contributed by atoms with Crippen molar-refractivity contribution >= 4 is 46.7 Å². The van der Waals surface area contributed by atoms with Gasteiger partial charge in [0.1, 0.15) is 0 Å². The summed E-state index contributed by atoms with van der Waals surface area (Å²) in [5, 5.41) is 19.2. The van der Waals surface area contributed by atoms with E-state index < -0.39 is 11.9 Å². The summed E-state index contributed by atoms with van der Waals surface area (Å²) in [5.74, 6) is -2.14. The van der Waals surface area contributed by atoms with Gasteiger partial charge in [0.05, 0.1) is 5.97 Å². The molecule has 0 saturated heterocycles. The number of hydrogen-bond donors (Lipinski definition) is 0. The van der Waals surface area contributed by atoms with Gasteiger partial charge in [0.25, 0.3) is 0 Å². The Balaban J connectivity index is -0.000000179. The molecule has 21 heavy (non-hydrogen) atoms. The zero-order valence-corrected chi connectivity index (χ0v) is 15.5. The molecule has 0 saturated carbocycles. The number of carboxylic acid groups (broad SMARTS) is 2. The molecule has 0 aliphatic heterocycles. The van der Waals surface area contributed by atoms with Gasteiger partial charge in [0, 0.05) is 5.97 Å². The van der Waals surface area contributed by atoms with E-state index in [0.29, 0.717) is 0 Å². The maximum Gasteiger partial charge on any atom is 3.00 e. The van der Waals surface area contributed by atoms with E-state index >= 15 is 0 Å². The molecule has 0 amide bonds. The minimum absolute atomic E-state index is 0. The van der Waals surface area contributed by atoms with E-state index in [1.807, 2.05) is 0 Å². The second-order valence-electron chi connectivity index (χ2n) is 4.47. The van der Waals surface area contributed by atoms with Crippen LogP contribution in [0.4, 0.5) is 0 Å². The van der Waals surface area contributed by atoms with Crippen molar-refractivity contribution in [3.8, 4) is 0 Å². The third-order valence-corrected chi connectivity index (χ3v) is 2.65. The topological polar surface area (TPSA) is 80.3 Å². The smallest absolute Gasteiger partial charge is 0.550 e. The normalized spacial score (nSPS) is 8.43. The molecule has 4 nitrogen and oxygen atoms in total. The number of carboxylic acids is 2. The molecule has 0 aromatic rings. The number of aliphatic carboxylic acids is 2. The first-order chi connectivity index (χ1) is 9.04. The Morgan fingerprint density at radius 2 is 1.19 bits per heavy atom. The molecule has 6 heteroatoms. The van der Waals surface area contributed by atoms with Crippen molar-refractivity contribution in [3.63, 3.8) is 0 Å². The first kappa shape index (κ1) is 28.8. The Hall–Kier alpha value is -0.255. The largest absolute Gasteiger partial charge is 3.00 e. The monoisotopic (exact) mass is 324 g/mol. The van der Waals surface area contributed by atoms with Crippen LogP contribution in [-0.4, -0.2) is 46.7 Å². The van der Waals surface area contributed by atoms with E-state index in [9.17, 15) is 9.90 Å². The molecule has 112 valence electrons. The zero-order chi connectivity index (χ0) is 14.9. The van der Waals surface area contributed by atoms with Gasteiger partial charge in [0.15, 0.2) is 0 Å². The van der Waals surface area contributed by atoms with Crippen LogP contribution in [0, 0.1) is 0 Å². The summed E-state index contributed by atoms with van der Waals surface area (Å²) in [5.41, 5.74) is 0. The zero-order valence-electron chi connectivity index (χ0n) is 13.1. The Bertz CT molecular complexity index is 246. The van der Waals surface area contributed by atoms with Crippen LogP contribution in [-0.2, 0) is 9.59 Å². The van der Waals surface area contributed by atoms with Crippen LogP contribution in [0.1, 0.15) is 71.1 Å². The summed E-state index contributed by atoms with van der Waals surface area (Å²) in [7, 11) is 0. The van der Waals surface area contributed by atoms with Gasteiger partial charge < -0.3 is 19.8 Å². The van der Waals surface area contributed by atoms with Crippen molar-refractivity contribution in [2.24, 2.45) is 0 Å². The van der Waals surface area contributed by atoms with Crippen molar-refractivity contribution in [3.05, 3.63) is 12.7 Å². The molecule has 0 bridgehead atoms. The van der Waals surface area contributed by atoms with Crippen molar-refractivity contribution in [1.29, 1.82) is 0 Å². The minimum Gasteiger partial charge on any atom is -0.550 e. The number of hydrogen-bond acceptors (Lipinski definition) is 4. The van der Waals surface area contributed by atoms with Crippen molar-refractivity contribution in [2.75, 3.05) is 0 Å². The first-order valence-electron chi connectivity index (χ1n) is 7.07. The van der Waals surface area contributed by atoms with E-state index in [-0.39, 0.29) is 41.1 Å². The quantitative estimate of drug-likeness (QED) is 0.320. The summed E-state index contributed by atoms with van der Waals surface area (Å²) in [6.45, 7) is 5.12. The average Bonchev–Trinajstić information content (AvgIpc) is 2.37. The molecule has 0 radical (unpaired) electrons. The molecular weight excluding hydrogens is 298 g/mol. The molecule has 0 N–H and O–H groups in total. The van der Waals surface area contributed by atoms with Crippen molar-refractivity contribution in [2.45, 2.75) is 71.1 Å². The third kappa shape index (κ3) is 38.3. The molecule has 0 fully saturated rings. The van der Waals surface area contributed by atoms with Gasteiger partial charge in [-0.15, -0.1) is 0 Å². The van der Waals surface area contributed by atoms with Gasteiger partial charge in [-0.1, -0.05) is 64.9 Å². The van der Waals surface area contributed by atoms with Crippen LogP contribution in [0.5, 0.6) is 0 Å². The number of unbranched alkanes of at least 4 members (excludes halogenated alkanes) is 8. The maximum atomic E-state index is 10.1. The predicted molar refractivity (Wildman–Crippen MR) is 83.6 cm³/mol. The molecular formula is C15H26Al2O4+4. The Kier molecular flexibility index (Phi) is 34.0. The van der Waals surface area contributed by atoms with E-state index in [0.717, 1.165) is 18.9 Å². The Morgan fingerprint density at radius 1 is 0.857 bits per heavy atom. The fourth-order valence-corrected chi connectivity index (χ4v) is 1.58.